The quantitative estimate of drug-likeness (QED) is 0.455. The van der Waals surface area contributed by atoms with Crippen LogP contribution in [0.2, 0.25) is 0 Å². The van der Waals surface area contributed by atoms with Gasteiger partial charge >= 0.3 is 11.9 Å². The molecular formula is C8H15NO5. The van der Waals surface area contributed by atoms with E-state index in [0.717, 1.165) is 0 Å². The molecule has 0 aromatic heterocycles. The molecule has 0 fully saturated rings. The maximum absolute atomic E-state index is 10.9. The molecule has 0 heterocycles. The van der Waals surface area contributed by atoms with Crippen LogP contribution in [0.5, 0.6) is 0 Å². The molecule has 0 saturated carbocycles. The molecule has 0 aliphatic rings. The Morgan fingerprint density at radius 1 is 1.43 bits per heavy atom. The van der Waals surface area contributed by atoms with Gasteiger partial charge in [0.05, 0.1) is 12.6 Å². The van der Waals surface area contributed by atoms with Crippen LogP contribution in [0, 0.1) is 0 Å². The van der Waals surface area contributed by atoms with E-state index in [-0.39, 0.29) is 6.42 Å². The van der Waals surface area contributed by atoms with Gasteiger partial charge in [0.15, 0.2) is 0 Å². The Morgan fingerprint density at radius 2 is 1.93 bits per heavy atom. The third kappa shape index (κ3) is 2.68. The number of nitrogens with one attached hydrogen (secondary N) is 1. The summed E-state index contributed by atoms with van der Waals surface area (Å²) < 4.78 is 0. The van der Waals surface area contributed by atoms with Gasteiger partial charge < -0.3 is 15.3 Å². The summed E-state index contributed by atoms with van der Waals surface area (Å²) in [5.74, 6) is -2.42. The summed E-state index contributed by atoms with van der Waals surface area (Å²) in [5.41, 5.74) is -1.58. The van der Waals surface area contributed by atoms with Gasteiger partial charge in [0, 0.05) is 0 Å². The summed E-state index contributed by atoms with van der Waals surface area (Å²) in [6.07, 6.45) is -1.06. The Morgan fingerprint density at radius 3 is 2.14 bits per heavy atom. The number of aliphatic carboxylic acids is 2. The highest BCUT2D eigenvalue weighted by atomic mass is 16.4. The van der Waals surface area contributed by atoms with E-state index in [2.05, 4.69) is 5.32 Å². The second kappa shape index (κ2) is 4.92. The Labute approximate surface area is 81.5 Å². The molecule has 82 valence electrons. The van der Waals surface area contributed by atoms with Gasteiger partial charge in [0.25, 0.3) is 0 Å². The van der Waals surface area contributed by atoms with Crippen LogP contribution >= 0.6 is 0 Å². The molecule has 0 bridgehead atoms. The van der Waals surface area contributed by atoms with Crippen LogP contribution in [0.15, 0.2) is 0 Å². The van der Waals surface area contributed by atoms with E-state index in [0.29, 0.717) is 0 Å². The third-order valence-electron chi connectivity index (χ3n) is 2.21. The van der Waals surface area contributed by atoms with Crippen molar-refractivity contribution in [1.29, 1.82) is 0 Å². The van der Waals surface area contributed by atoms with E-state index < -0.39 is 30.1 Å². The van der Waals surface area contributed by atoms with Crippen LogP contribution in [-0.4, -0.2) is 45.4 Å². The molecule has 0 aromatic rings. The minimum Gasteiger partial charge on any atom is -0.480 e. The highest BCUT2D eigenvalue weighted by Gasteiger charge is 2.41. The van der Waals surface area contributed by atoms with Gasteiger partial charge in [0.2, 0.25) is 0 Å². The minimum absolute atomic E-state index is 0.104. The Hall–Kier alpha value is -1.14. The second-order valence-corrected chi connectivity index (χ2v) is 3.05. The molecule has 0 amide bonds. The van der Waals surface area contributed by atoms with Crippen LogP contribution in [-0.2, 0) is 9.59 Å². The van der Waals surface area contributed by atoms with E-state index >= 15 is 0 Å². The molecule has 2 atom stereocenters. The minimum atomic E-state index is -1.58. The standard InChI is InChI=1S/C8H15NO5/c1-3-8(5(2)10,7(13)14)9-4-6(11)12/h5,9-10H,3-4H2,1-2H3,(H,11,12)(H,13,14). The predicted molar refractivity (Wildman–Crippen MR) is 48.0 cm³/mol. The van der Waals surface area contributed by atoms with Crippen LogP contribution in [0.4, 0.5) is 0 Å². The summed E-state index contributed by atoms with van der Waals surface area (Å²) >= 11 is 0. The van der Waals surface area contributed by atoms with Crippen LogP contribution in [0.25, 0.3) is 0 Å². The lowest BCUT2D eigenvalue weighted by Gasteiger charge is -2.31. The van der Waals surface area contributed by atoms with Crippen molar-refractivity contribution in [2.45, 2.75) is 31.9 Å². The first-order valence-corrected chi connectivity index (χ1v) is 4.25. The molecule has 0 radical (unpaired) electrons. The molecule has 6 heteroatoms. The molecular weight excluding hydrogens is 190 g/mol. The lowest BCUT2D eigenvalue weighted by molar-refractivity contribution is -0.150. The lowest BCUT2D eigenvalue weighted by atomic mass is 9.90. The fraction of sp³-hybridized carbons (Fsp3) is 0.750. The predicted octanol–water partition coefficient (Wildman–Crippen LogP) is -0.725. The van der Waals surface area contributed by atoms with Crippen LogP contribution in [0.3, 0.4) is 0 Å². The SMILES string of the molecule is CCC(NCC(=O)O)(C(=O)O)C(C)O. The first-order chi connectivity index (χ1) is 6.36. The largest absolute Gasteiger partial charge is 0.480 e. The van der Waals surface area contributed by atoms with E-state index in [1.807, 2.05) is 0 Å². The van der Waals surface area contributed by atoms with Gasteiger partial charge in [-0.25, -0.2) is 0 Å². The van der Waals surface area contributed by atoms with Crippen molar-refractivity contribution in [3.63, 3.8) is 0 Å². The molecule has 0 saturated heterocycles. The van der Waals surface area contributed by atoms with E-state index in [9.17, 15) is 14.7 Å². The Balaban J connectivity index is 4.68. The van der Waals surface area contributed by atoms with Gasteiger partial charge in [-0.05, 0) is 13.3 Å². The van der Waals surface area contributed by atoms with Crippen molar-refractivity contribution in [3.05, 3.63) is 0 Å². The molecule has 2 unspecified atom stereocenters. The average molecular weight is 205 g/mol. The van der Waals surface area contributed by atoms with E-state index in [1.54, 1.807) is 6.92 Å². The second-order valence-electron chi connectivity index (χ2n) is 3.05. The summed E-state index contributed by atoms with van der Waals surface area (Å²) in [6.45, 7) is 2.38. The Bertz CT molecular complexity index is 228. The zero-order chi connectivity index (χ0) is 11.4. The number of carbonyl (C=O) groups is 2. The normalized spacial score (nSPS) is 17.1. The maximum atomic E-state index is 10.9. The molecule has 0 aromatic carbocycles. The van der Waals surface area contributed by atoms with Crippen molar-refractivity contribution in [2.24, 2.45) is 0 Å². The van der Waals surface area contributed by atoms with Crippen molar-refractivity contribution < 1.29 is 24.9 Å². The van der Waals surface area contributed by atoms with Crippen molar-refractivity contribution in [2.75, 3.05) is 6.54 Å². The van der Waals surface area contributed by atoms with E-state index in [1.165, 1.54) is 6.92 Å². The number of hydrogen-bond acceptors (Lipinski definition) is 4. The summed E-state index contributed by atoms with van der Waals surface area (Å²) in [6, 6.07) is 0. The molecule has 0 aliphatic carbocycles. The van der Waals surface area contributed by atoms with Crippen LogP contribution in [0.1, 0.15) is 20.3 Å². The third-order valence-corrected chi connectivity index (χ3v) is 2.21. The van der Waals surface area contributed by atoms with Crippen LogP contribution < -0.4 is 5.32 Å². The number of carboxylic acids is 2. The lowest BCUT2D eigenvalue weighted by Crippen LogP contribution is -2.60. The van der Waals surface area contributed by atoms with Crippen molar-refractivity contribution in [3.8, 4) is 0 Å². The Kier molecular flexibility index (Phi) is 4.52. The van der Waals surface area contributed by atoms with Gasteiger partial charge in [-0.2, -0.15) is 0 Å². The topological polar surface area (TPSA) is 107 Å². The number of rotatable bonds is 6. The number of aliphatic hydroxyl groups excluding tert-OH is 1. The highest BCUT2D eigenvalue weighted by Crippen LogP contribution is 2.15. The molecule has 0 spiro atoms. The van der Waals surface area contributed by atoms with Gasteiger partial charge in [-0.15, -0.1) is 0 Å². The number of aliphatic hydroxyl groups is 1. The zero-order valence-corrected chi connectivity index (χ0v) is 8.15. The van der Waals surface area contributed by atoms with E-state index in [4.69, 9.17) is 10.2 Å². The summed E-state index contributed by atoms with van der Waals surface area (Å²) in [7, 11) is 0. The summed E-state index contributed by atoms with van der Waals surface area (Å²) in [5, 5.41) is 28.9. The first-order valence-electron chi connectivity index (χ1n) is 4.25. The smallest absolute Gasteiger partial charge is 0.326 e. The fourth-order valence-corrected chi connectivity index (χ4v) is 1.21. The molecule has 0 rings (SSSR count). The van der Waals surface area contributed by atoms with Crippen molar-refractivity contribution in [1.82, 2.24) is 5.32 Å². The van der Waals surface area contributed by atoms with Gasteiger partial charge in [-0.1, -0.05) is 6.92 Å². The molecule has 0 aliphatic heterocycles. The zero-order valence-electron chi connectivity index (χ0n) is 8.15. The number of carboxylic acid groups (broad SMARTS) is 2. The maximum Gasteiger partial charge on any atom is 0.326 e. The van der Waals surface area contributed by atoms with Gasteiger partial charge in [-0.3, -0.25) is 14.9 Å². The molecule has 14 heavy (non-hydrogen) atoms. The first kappa shape index (κ1) is 12.9. The van der Waals surface area contributed by atoms with Crippen molar-refractivity contribution >= 4 is 11.9 Å². The average Bonchev–Trinajstić information content (AvgIpc) is 2.04. The molecule has 4 N–H and O–H groups in total. The highest BCUT2D eigenvalue weighted by molar-refractivity contribution is 5.80. The monoisotopic (exact) mass is 205 g/mol. The summed E-state index contributed by atoms with van der Waals surface area (Å²) in [4.78, 5) is 21.2. The fourth-order valence-electron chi connectivity index (χ4n) is 1.21. The van der Waals surface area contributed by atoms with Gasteiger partial charge in [0.1, 0.15) is 5.54 Å². The number of hydrogen-bond donors (Lipinski definition) is 4. The molecule has 6 nitrogen and oxygen atoms in total.